The monoisotopic (exact) mass is 272 g/mol. The number of benzene rings is 1. The van der Waals surface area contributed by atoms with Crippen molar-refractivity contribution in [1.82, 2.24) is 0 Å². The molecule has 1 saturated carbocycles. The van der Waals surface area contributed by atoms with E-state index in [1.54, 1.807) is 0 Å². The summed E-state index contributed by atoms with van der Waals surface area (Å²) in [5, 5.41) is 0. The Bertz CT molecular complexity index is 458. The number of hydrogen-bond donors (Lipinski definition) is 0. The van der Waals surface area contributed by atoms with Crippen molar-refractivity contribution in [3.8, 4) is 0 Å². The molecule has 2 aliphatic heterocycles. The predicted molar refractivity (Wildman–Crippen MR) is 80.2 cm³/mol. The van der Waals surface area contributed by atoms with Crippen LogP contribution in [0.5, 0.6) is 0 Å². The van der Waals surface area contributed by atoms with Gasteiger partial charge in [-0.3, -0.25) is 4.48 Å². The second-order valence-electron chi connectivity index (χ2n) is 7.16. The Morgan fingerprint density at radius 1 is 0.900 bits per heavy atom. The molecule has 3 aliphatic rings. The van der Waals surface area contributed by atoms with Crippen molar-refractivity contribution in [3.05, 3.63) is 35.9 Å². The third-order valence-corrected chi connectivity index (χ3v) is 5.77. The van der Waals surface area contributed by atoms with Crippen molar-refractivity contribution in [1.29, 1.82) is 0 Å². The zero-order valence-electron chi connectivity index (χ0n) is 12.4. The second-order valence-corrected chi connectivity index (χ2v) is 7.16. The van der Waals surface area contributed by atoms with Gasteiger partial charge in [-0.05, 0) is 12.8 Å². The van der Waals surface area contributed by atoms with Crippen LogP contribution in [0, 0.1) is 0 Å². The molecule has 1 aromatic carbocycles. The highest BCUT2D eigenvalue weighted by atomic mass is 16.5. The highest BCUT2D eigenvalue weighted by Crippen LogP contribution is 2.50. The number of quaternary nitrogens is 1. The van der Waals surface area contributed by atoms with Crippen molar-refractivity contribution in [3.63, 3.8) is 0 Å². The Kier molecular flexibility index (Phi) is 3.12. The summed E-state index contributed by atoms with van der Waals surface area (Å²) in [4.78, 5) is 0. The van der Waals surface area contributed by atoms with Gasteiger partial charge in [0.2, 0.25) is 6.23 Å². The summed E-state index contributed by atoms with van der Waals surface area (Å²) in [6.07, 6.45) is 9.76. The van der Waals surface area contributed by atoms with Crippen LogP contribution < -0.4 is 0 Å². The number of rotatable bonds is 1. The average molecular weight is 272 g/mol. The molecule has 0 N–H and O–H groups in total. The highest BCUT2D eigenvalue weighted by Gasteiger charge is 2.57. The van der Waals surface area contributed by atoms with Crippen LogP contribution in [-0.4, -0.2) is 29.7 Å². The minimum atomic E-state index is 0.198. The van der Waals surface area contributed by atoms with E-state index in [9.17, 15) is 0 Å². The molecule has 108 valence electrons. The Morgan fingerprint density at radius 3 is 2.30 bits per heavy atom. The summed E-state index contributed by atoms with van der Waals surface area (Å²) in [5.74, 6) is 0. The largest absolute Gasteiger partial charge is 0.313 e. The molecule has 4 rings (SSSR count). The van der Waals surface area contributed by atoms with Crippen LogP contribution in [0.1, 0.15) is 56.7 Å². The van der Waals surface area contributed by atoms with Gasteiger partial charge in [-0.2, -0.15) is 0 Å². The topological polar surface area (TPSA) is 9.23 Å². The Labute approximate surface area is 122 Å². The molecular formula is C18H26NO+. The second kappa shape index (κ2) is 4.85. The molecule has 1 aromatic rings. The predicted octanol–water partition coefficient (Wildman–Crippen LogP) is 4.03. The molecule has 2 nitrogen and oxygen atoms in total. The first kappa shape index (κ1) is 12.8. The van der Waals surface area contributed by atoms with Gasteiger partial charge in [0, 0.05) is 18.4 Å². The van der Waals surface area contributed by atoms with Crippen LogP contribution in [0.25, 0.3) is 0 Å². The van der Waals surface area contributed by atoms with Gasteiger partial charge in [0.25, 0.3) is 0 Å². The van der Waals surface area contributed by atoms with Crippen molar-refractivity contribution in [2.75, 3.05) is 19.6 Å². The van der Waals surface area contributed by atoms with Crippen molar-refractivity contribution in [2.45, 2.75) is 56.8 Å². The van der Waals surface area contributed by atoms with Gasteiger partial charge in [0.15, 0.2) is 0 Å². The van der Waals surface area contributed by atoms with Gasteiger partial charge in [-0.1, -0.05) is 49.6 Å². The Morgan fingerprint density at radius 2 is 1.60 bits per heavy atom. The fraction of sp³-hybridized carbons (Fsp3) is 0.667. The average Bonchev–Trinajstić information content (AvgIpc) is 3.07. The van der Waals surface area contributed by atoms with Gasteiger partial charge in [-0.15, -0.1) is 0 Å². The van der Waals surface area contributed by atoms with Crippen molar-refractivity contribution in [2.24, 2.45) is 0 Å². The third kappa shape index (κ3) is 2.01. The molecule has 0 aromatic heterocycles. The van der Waals surface area contributed by atoms with Crippen LogP contribution in [0.4, 0.5) is 0 Å². The van der Waals surface area contributed by atoms with E-state index in [1.165, 1.54) is 74.6 Å². The lowest BCUT2D eigenvalue weighted by Crippen LogP contribution is -2.48. The van der Waals surface area contributed by atoms with E-state index in [-0.39, 0.29) is 5.60 Å². The third-order valence-electron chi connectivity index (χ3n) is 5.77. The van der Waals surface area contributed by atoms with Crippen LogP contribution in [0.15, 0.2) is 30.3 Å². The first-order chi connectivity index (χ1) is 9.82. The molecule has 2 spiro atoms. The zero-order chi connectivity index (χ0) is 13.5. The van der Waals surface area contributed by atoms with Gasteiger partial charge < -0.3 is 4.74 Å². The number of ether oxygens (including phenoxy) is 1. The molecule has 2 heteroatoms. The first-order valence-electron chi connectivity index (χ1n) is 8.41. The maximum Gasteiger partial charge on any atom is 0.220 e. The van der Waals surface area contributed by atoms with Gasteiger partial charge >= 0.3 is 0 Å². The summed E-state index contributed by atoms with van der Waals surface area (Å²) in [7, 11) is 0. The van der Waals surface area contributed by atoms with Crippen molar-refractivity contribution < 1.29 is 9.22 Å². The fourth-order valence-electron chi connectivity index (χ4n) is 4.87. The molecule has 0 unspecified atom stereocenters. The molecule has 1 atom stereocenters. The van der Waals surface area contributed by atoms with E-state index < -0.39 is 0 Å². The Balaban J connectivity index is 1.68. The molecule has 3 fully saturated rings. The summed E-state index contributed by atoms with van der Waals surface area (Å²) in [6, 6.07) is 11.0. The number of nitrogens with zero attached hydrogens (tertiary/aromatic N) is 1. The lowest BCUT2D eigenvalue weighted by molar-refractivity contribution is -0.946. The van der Waals surface area contributed by atoms with Crippen molar-refractivity contribution >= 4 is 0 Å². The Hall–Kier alpha value is -0.860. The van der Waals surface area contributed by atoms with E-state index in [0.29, 0.717) is 6.23 Å². The standard InChI is InChI=1S/C18H26NO/c1-3-9-16(10-4-1)17-19(13-7-8-14-19)15-18(20-17)11-5-2-6-12-18/h1,3-4,9-10,17H,2,5-8,11-15H2/q+1/t17-/m0/s1. The lowest BCUT2D eigenvalue weighted by atomic mass is 9.84. The quantitative estimate of drug-likeness (QED) is 0.701. The van der Waals surface area contributed by atoms with Crippen LogP contribution in [-0.2, 0) is 4.74 Å². The molecule has 1 aliphatic carbocycles. The molecule has 20 heavy (non-hydrogen) atoms. The summed E-state index contributed by atoms with van der Waals surface area (Å²) in [6.45, 7) is 3.91. The summed E-state index contributed by atoms with van der Waals surface area (Å²) < 4.78 is 8.00. The summed E-state index contributed by atoms with van der Waals surface area (Å²) >= 11 is 0. The van der Waals surface area contributed by atoms with Gasteiger partial charge in [-0.25, -0.2) is 0 Å². The summed E-state index contributed by atoms with van der Waals surface area (Å²) in [5.41, 5.74) is 1.60. The SMILES string of the molecule is c1ccc([C@@H]2OC3(CCCCC3)C[N+]23CCCC3)cc1. The highest BCUT2D eigenvalue weighted by molar-refractivity contribution is 5.17. The molecule has 0 radical (unpaired) electrons. The fourth-order valence-corrected chi connectivity index (χ4v) is 4.87. The minimum Gasteiger partial charge on any atom is -0.313 e. The maximum absolute atomic E-state index is 6.79. The number of hydrogen-bond acceptors (Lipinski definition) is 1. The van der Waals surface area contributed by atoms with Crippen LogP contribution in [0.3, 0.4) is 0 Å². The van der Waals surface area contributed by atoms with Crippen LogP contribution >= 0.6 is 0 Å². The van der Waals surface area contributed by atoms with E-state index >= 15 is 0 Å². The van der Waals surface area contributed by atoms with E-state index in [1.807, 2.05) is 0 Å². The zero-order valence-corrected chi connectivity index (χ0v) is 12.4. The van der Waals surface area contributed by atoms with E-state index in [0.717, 1.165) is 0 Å². The van der Waals surface area contributed by atoms with E-state index in [4.69, 9.17) is 4.74 Å². The molecule has 2 saturated heterocycles. The lowest BCUT2D eigenvalue weighted by Gasteiger charge is -2.34. The molecule has 0 bridgehead atoms. The smallest absolute Gasteiger partial charge is 0.220 e. The molecular weight excluding hydrogens is 246 g/mol. The maximum atomic E-state index is 6.79. The van der Waals surface area contributed by atoms with Crippen LogP contribution in [0.2, 0.25) is 0 Å². The normalized spacial score (nSPS) is 31.1. The van der Waals surface area contributed by atoms with Gasteiger partial charge in [0.1, 0.15) is 12.1 Å². The van der Waals surface area contributed by atoms with Gasteiger partial charge in [0.05, 0.1) is 13.1 Å². The van der Waals surface area contributed by atoms with E-state index in [2.05, 4.69) is 30.3 Å². The minimum absolute atomic E-state index is 0.198. The first-order valence-corrected chi connectivity index (χ1v) is 8.41. The molecule has 2 heterocycles. The molecule has 0 amide bonds.